The van der Waals surface area contributed by atoms with Gasteiger partial charge in [-0.25, -0.2) is 0 Å². The molecule has 6 nitrogen and oxygen atoms in total. The van der Waals surface area contributed by atoms with Gasteiger partial charge in [-0.1, -0.05) is 0 Å². The van der Waals surface area contributed by atoms with Gasteiger partial charge in [-0.15, -0.1) is 0 Å². The lowest BCUT2D eigenvalue weighted by Gasteiger charge is -2.24. The van der Waals surface area contributed by atoms with E-state index >= 15 is 0 Å². The molecule has 0 aromatic carbocycles. The Morgan fingerprint density at radius 2 is 2.00 bits per heavy atom. The van der Waals surface area contributed by atoms with Crippen LogP contribution in [-0.2, 0) is 14.3 Å². The molecule has 3 aliphatic rings. The van der Waals surface area contributed by atoms with E-state index in [1.165, 1.54) is 0 Å². The summed E-state index contributed by atoms with van der Waals surface area (Å²) in [5.41, 5.74) is 5.40. The number of hydrogen-bond acceptors (Lipinski definition) is 4. The van der Waals surface area contributed by atoms with Gasteiger partial charge < -0.3 is 15.4 Å². The molecule has 6 heteroatoms. The standard InChI is InChI=1S/C12H19N3O3/c13-10(16)5-14-3-1-12(7-14)2-4-15(8-12)11(17)9-6-18-9/h9H,1-8H2,(H2,13,16)/t9-,12+/m1/s1. The zero-order chi connectivity index (χ0) is 12.8. The molecule has 0 saturated carbocycles. The van der Waals surface area contributed by atoms with Crippen molar-refractivity contribution in [1.29, 1.82) is 0 Å². The minimum Gasteiger partial charge on any atom is -0.369 e. The predicted molar refractivity (Wildman–Crippen MR) is 63.6 cm³/mol. The highest BCUT2D eigenvalue weighted by Gasteiger charge is 2.47. The second-order valence-electron chi connectivity index (χ2n) is 5.76. The summed E-state index contributed by atoms with van der Waals surface area (Å²) in [5.74, 6) is -0.135. The van der Waals surface area contributed by atoms with Crippen LogP contribution in [0.2, 0.25) is 0 Å². The summed E-state index contributed by atoms with van der Waals surface area (Å²) in [5, 5.41) is 0. The fourth-order valence-electron chi connectivity index (χ4n) is 3.23. The van der Waals surface area contributed by atoms with Crippen molar-refractivity contribution in [2.45, 2.75) is 18.9 Å². The Morgan fingerprint density at radius 3 is 2.67 bits per heavy atom. The fourth-order valence-corrected chi connectivity index (χ4v) is 3.23. The van der Waals surface area contributed by atoms with Crippen LogP contribution in [0, 0.1) is 5.41 Å². The highest BCUT2D eigenvalue weighted by Crippen LogP contribution is 2.39. The van der Waals surface area contributed by atoms with Gasteiger partial charge in [0.05, 0.1) is 13.2 Å². The van der Waals surface area contributed by atoms with Crippen LogP contribution in [0.1, 0.15) is 12.8 Å². The molecule has 3 fully saturated rings. The van der Waals surface area contributed by atoms with Gasteiger partial charge in [-0.05, 0) is 19.4 Å². The Balaban J connectivity index is 1.57. The molecular weight excluding hydrogens is 234 g/mol. The Morgan fingerprint density at radius 1 is 1.28 bits per heavy atom. The molecule has 0 radical (unpaired) electrons. The molecule has 1 spiro atoms. The molecule has 2 N–H and O–H groups in total. The number of ether oxygens (including phenoxy) is 1. The molecule has 18 heavy (non-hydrogen) atoms. The van der Waals surface area contributed by atoms with Gasteiger partial charge in [-0.2, -0.15) is 0 Å². The van der Waals surface area contributed by atoms with E-state index in [1.54, 1.807) is 0 Å². The van der Waals surface area contributed by atoms with Crippen LogP contribution in [0.25, 0.3) is 0 Å². The van der Waals surface area contributed by atoms with Crippen molar-refractivity contribution >= 4 is 11.8 Å². The van der Waals surface area contributed by atoms with E-state index in [0.29, 0.717) is 13.2 Å². The molecule has 3 heterocycles. The number of nitrogens with zero attached hydrogens (tertiary/aromatic N) is 2. The van der Waals surface area contributed by atoms with Crippen LogP contribution < -0.4 is 5.73 Å². The normalized spacial score (nSPS) is 35.3. The molecule has 0 aromatic rings. The molecule has 0 aromatic heterocycles. The fraction of sp³-hybridized carbons (Fsp3) is 0.833. The Labute approximate surface area is 106 Å². The maximum atomic E-state index is 11.9. The van der Waals surface area contributed by atoms with Crippen molar-refractivity contribution in [3.8, 4) is 0 Å². The van der Waals surface area contributed by atoms with Crippen LogP contribution >= 0.6 is 0 Å². The Hall–Kier alpha value is -1.14. The summed E-state index contributed by atoms with van der Waals surface area (Å²) in [6, 6.07) is 0. The first-order valence-corrected chi connectivity index (χ1v) is 6.49. The molecule has 3 aliphatic heterocycles. The van der Waals surface area contributed by atoms with Gasteiger partial charge >= 0.3 is 0 Å². The predicted octanol–water partition coefficient (Wildman–Crippen LogP) is -1.21. The van der Waals surface area contributed by atoms with Crippen LogP contribution in [-0.4, -0.2) is 67.0 Å². The lowest BCUT2D eigenvalue weighted by molar-refractivity contribution is -0.131. The maximum absolute atomic E-state index is 11.9. The molecule has 0 bridgehead atoms. The van der Waals surface area contributed by atoms with Crippen molar-refractivity contribution in [3.63, 3.8) is 0 Å². The van der Waals surface area contributed by atoms with Crippen molar-refractivity contribution < 1.29 is 14.3 Å². The van der Waals surface area contributed by atoms with Crippen molar-refractivity contribution in [2.24, 2.45) is 11.1 Å². The number of amides is 2. The second-order valence-corrected chi connectivity index (χ2v) is 5.76. The number of rotatable bonds is 3. The Kier molecular flexibility index (Phi) is 2.79. The molecule has 100 valence electrons. The van der Waals surface area contributed by atoms with E-state index in [-0.39, 0.29) is 23.3 Å². The van der Waals surface area contributed by atoms with Crippen LogP contribution in [0.5, 0.6) is 0 Å². The minimum atomic E-state index is -0.274. The summed E-state index contributed by atoms with van der Waals surface area (Å²) in [6.07, 6.45) is 1.90. The lowest BCUT2D eigenvalue weighted by atomic mass is 9.86. The average molecular weight is 253 g/mol. The van der Waals surface area contributed by atoms with Gasteiger partial charge in [0.25, 0.3) is 5.91 Å². The largest absolute Gasteiger partial charge is 0.369 e. The topological polar surface area (TPSA) is 79.2 Å². The Bertz CT molecular complexity index is 383. The van der Waals surface area contributed by atoms with Crippen LogP contribution in [0.4, 0.5) is 0 Å². The molecule has 0 aliphatic carbocycles. The number of primary amides is 1. The number of carbonyl (C=O) groups excluding carboxylic acids is 2. The SMILES string of the molecule is NC(=O)CN1CC[C@]2(CCN(C(=O)[C@H]3CO3)C2)C1. The molecule has 3 saturated heterocycles. The third kappa shape index (κ3) is 2.22. The number of nitrogens with two attached hydrogens (primary N) is 1. The quantitative estimate of drug-likeness (QED) is 0.640. The average Bonchev–Trinajstić information content (AvgIpc) is 2.99. The zero-order valence-corrected chi connectivity index (χ0v) is 10.4. The summed E-state index contributed by atoms with van der Waals surface area (Å²) in [4.78, 5) is 26.9. The minimum absolute atomic E-state index is 0.139. The zero-order valence-electron chi connectivity index (χ0n) is 10.4. The summed E-state index contributed by atoms with van der Waals surface area (Å²) in [7, 11) is 0. The monoisotopic (exact) mass is 253 g/mol. The van der Waals surface area contributed by atoms with Gasteiger partial charge in [-0.3, -0.25) is 14.5 Å². The second kappa shape index (κ2) is 4.20. The van der Waals surface area contributed by atoms with Crippen molar-refractivity contribution in [1.82, 2.24) is 9.80 Å². The number of hydrogen-bond donors (Lipinski definition) is 1. The maximum Gasteiger partial charge on any atom is 0.254 e. The van der Waals surface area contributed by atoms with E-state index < -0.39 is 0 Å². The highest BCUT2D eigenvalue weighted by atomic mass is 16.6. The van der Waals surface area contributed by atoms with Crippen LogP contribution in [0.3, 0.4) is 0 Å². The first-order chi connectivity index (χ1) is 8.58. The van der Waals surface area contributed by atoms with Crippen molar-refractivity contribution in [2.75, 3.05) is 39.3 Å². The molecule has 2 amide bonds. The lowest BCUT2D eigenvalue weighted by Crippen LogP contribution is -2.37. The van der Waals surface area contributed by atoms with E-state index in [0.717, 1.165) is 39.0 Å². The van der Waals surface area contributed by atoms with E-state index in [2.05, 4.69) is 4.90 Å². The van der Waals surface area contributed by atoms with E-state index in [1.807, 2.05) is 4.90 Å². The van der Waals surface area contributed by atoms with E-state index in [4.69, 9.17) is 10.5 Å². The highest BCUT2D eigenvalue weighted by molar-refractivity contribution is 5.83. The van der Waals surface area contributed by atoms with Crippen LogP contribution in [0.15, 0.2) is 0 Å². The smallest absolute Gasteiger partial charge is 0.254 e. The molecular formula is C12H19N3O3. The molecule has 2 atom stereocenters. The third-order valence-electron chi connectivity index (χ3n) is 4.26. The first kappa shape index (κ1) is 11.9. The van der Waals surface area contributed by atoms with Gasteiger partial charge in [0, 0.05) is 25.0 Å². The van der Waals surface area contributed by atoms with Gasteiger partial charge in [0.1, 0.15) is 0 Å². The summed E-state index contributed by atoms with van der Waals surface area (Å²) >= 11 is 0. The number of carbonyl (C=O) groups is 2. The number of epoxide rings is 1. The molecule has 0 unspecified atom stereocenters. The summed E-state index contributed by atoms with van der Waals surface area (Å²) < 4.78 is 5.04. The van der Waals surface area contributed by atoms with Gasteiger partial charge in [0.15, 0.2) is 6.10 Å². The van der Waals surface area contributed by atoms with Gasteiger partial charge in [0.2, 0.25) is 5.91 Å². The first-order valence-electron chi connectivity index (χ1n) is 6.49. The number of likely N-dealkylation sites (tertiary alicyclic amines) is 2. The summed E-state index contributed by atoms with van der Waals surface area (Å²) in [6.45, 7) is 4.33. The third-order valence-corrected chi connectivity index (χ3v) is 4.26. The molecule has 3 rings (SSSR count). The van der Waals surface area contributed by atoms with Crippen molar-refractivity contribution in [3.05, 3.63) is 0 Å². The van der Waals surface area contributed by atoms with E-state index in [9.17, 15) is 9.59 Å².